The van der Waals surface area contributed by atoms with Gasteiger partial charge >= 0.3 is 0 Å². The normalized spacial score (nSPS) is 14.4. The second kappa shape index (κ2) is 5.05. The van der Waals surface area contributed by atoms with Crippen LogP contribution in [0.15, 0.2) is 41.3 Å². The van der Waals surface area contributed by atoms with Gasteiger partial charge in [0, 0.05) is 6.04 Å². The molecule has 0 bridgehead atoms. The quantitative estimate of drug-likeness (QED) is 0.933. The fourth-order valence-corrected chi connectivity index (χ4v) is 2.08. The molecule has 1 N–H and O–H groups in total. The van der Waals surface area contributed by atoms with Gasteiger partial charge in [-0.15, -0.1) is 0 Å². The number of nitrogens with zero attached hydrogens (tertiary/aromatic N) is 2. The van der Waals surface area contributed by atoms with Gasteiger partial charge in [0.15, 0.2) is 0 Å². The van der Waals surface area contributed by atoms with Gasteiger partial charge in [-0.1, -0.05) is 41.9 Å². The number of rotatable bonds is 4. The largest absolute Gasteiger partial charge is 0.380 e. The second-order valence-electron chi connectivity index (χ2n) is 4.74. The number of hydrogen-bond acceptors (Lipinski definition) is 3. The van der Waals surface area contributed by atoms with E-state index < -0.39 is 0 Å². The number of anilines is 1. The Balaban J connectivity index is 1.86. The van der Waals surface area contributed by atoms with Gasteiger partial charge in [0.25, 0.3) is 5.56 Å². The Morgan fingerprint density at radius 2 is 2.05 bits per heavy atom. The maximum atomic E-state index is 12.1. The van der Waals surface area contributed by atoms with Crippen LogP contribution in [0.25, 0.3) is 0 Å². The first kappa shape index (κ1) is 12.2. The first-order chi connectivity index (χ1) is 9.24. The summed E-state index contributed by atoms with van der Waals surface area (Å²) >= 11 is 6.10. The highest BCUT2D eigenvalue weighted by Gasteiger charge is 2.22. The van der Waals surface area contributed by atoms with E-state index in [-0.39, 0.29) is 10.6 Å². The van der Waals surface area contributed by atoms with Crippen LogP contribution in [0.3, 0.4) is 0 Å². The number of halogens is 1. The summed E-state index contributed by atoms with van der Waals surface area (Å²) in [6.45, 7) is 0.434. The zero-order chi connectivity index (χ0) is 13.2. The second-order valence-corrected chi connectivity index (χ2v) is 5.12. The van der Waals surface area contributed by atoms with E-state index in [2.05, 4.69) is 10.4 Å². The van der Waals surface area contributed by atoms with Crippen LogP contribution >= 0.6 is 11.6 Å². The average Bonchev–Trinajstić information content (AvgIpc) is 3.24. The molecule has 5 heteroatoms. The standard InChI is InChI=1S/C14H14ClN3O/c15-13-12(17-11-6-7-11)8-16-18(14(13)19)9-10-4-2-1-3-5-10/h1-5,8,11,17H,6-7,9H2. The van der Waals surface area contributed by atoms with Crippen molar-refractivity contribution in [3.05, 3.63) is 57.5 Å². The Labute approximate surface area is 116 Å². The van der Waals surface area contributed by atoms with Gasteiger partial charge in [-0.05, 0) is 18.4 Å². The van der Waals surface area contributed by atoms with Gasteiger partial charge in [-0.2, -0.15) is 5.10 Å². The fourth-order valence-electron chi connectivity index (χ4n) is 1.88. The third-order valence-corrected chi connectivity index (χ3v) is 3.46. The van der Waals surface area contributed by atoms with E-state index in [4.69, 9.17) is 11.6 Å². The van der Waals surface area contributed by atoms with E-state index in [0.717, 1.165) is 18.4 Å². The molecule has 4 nitrogen and oxygen atoms in total. The third kappa shape index (κ3) is 2.79. The summed E-state index contributed by atoms with van der Waals surface area (Å²) in [6, 6.07) is 10.2. The molecular formula is C14H14ClN3O. The van der Waals surface area contributed by atoms with Gasteiger partial charge in [-0.3, -0.25) is 4.79 Å². The summed E-state index contributed by atoms with van der Waals surface area (Å²) in [5, 5.41) is 7.60. The van der Waals surface area contributed by atoms with E-state index in [9.17, 15) is 4.79 Å². The molecule has 98 valence electrons. The molecule has 2 aromatic rings. The monoisotopic (exact) mass is 275 g/mol. The van der Waals surface area contributed by atoms with Crippen LogP contribution in [0.5, 0.6) is 0 Å². The van der Waals surface area contributed by atoms with Crippen molar-refractivity contribution in [2.45, 2.75) is 25.4 Å². The maximum absolute atomic E-state index is 12.1. The molecule has 1 heterocycles. The molecule has 1 aliphatic carbocycles. The minimum atomic E-state index is -0.254. The molecule has 1 aliphatic rings. The highest BCUT2D eigenvalue weighted by molar-refractivity contribution is 6.32. The maximum Gasteiger partial charge on any atom is 0.287 e. The Bertz CT molecular complexity index is 635. The van der Waals surface area contributed by atoms with Crippen LogP contribution in [0, 0.1) is 0 Å². The smallest absolute Gasteiger partial charge is 0.287 e. The predicted molar refractivity (Wildman–Crippen MR) is 75.7 cm³/mol. The molecule has 0 saturated heterocycles. The number of benzene rings is 1. The Morgan fingerprint density at radius 1 is 1.32 bits per heavy atom. The topological polar surface area (TPSA) is 46.9 Å². The van der Waals surface area contributed by atoms with Crippen LogP contribution in [-0.2, 0) is 6.54 Å². The molecule has 0 radical (unpaired) electrons. The van der Waals surface area contributed by atoms with E-state index in [1.165, 1.54) is 4.68 Å². The van der Waals surface area contributed by atoms with E-state index in [1.807, 2.05) is 30.3 Å². The minimum Gasteiger partial charge on any atom is -0.380 e. The molecule has 0 aliphatic heterocycles. The highest BCUT2D eigenvalue weighted by atomic mass is 35.5. The van der Waals surface area contributed by atoms with E-state index >= 15 is 0 Å². The molecule has 1 aromatic heterocycles. The number of nitrogens with one attached hydrogen (secondary N) is 1. The molecule has 3 rings (SSSR count). The molecule has 0 spiro atoms. The van der Waals surface area contributed by atoms with Crippen LogP contribution in [0.1, 0.15) is 18.4 Å². The van der Waals surface area contributed by atoms with Gasteiger partial charge in [0.1, 0.15) is 5.02 Å². The van der Waals surface area contributed by atoms with Crippen molar-refractivity contribution in [1.82, 2.24) is 9.78 Å². The third-order valence-electron chi connectivity index (χ3n) is 3.10. The molecule has 1 saturated carbocycles. The number of hydrogen-bond donors (Lipinski definition) is 1. The SMILES string of the molecule is O=c1c(Cl)c(NC2CC2)cnn1Cc1ccccc1. The molecule has 0 atom stereocenters. The van der Waals surface area contributed by atoms with Gasteiger partial charge in [0.05, 0.1) is 18.4 Å². The van der Waals surface area contributed by atoms with Crippen molar-refractivity contribution in [3.63, 3.8) is 0 Å². The lowest BCUT2D eigenvalue weighted by Crippen LogP contribution is -2.25. The summed E-state index contributed by atoms with van der Waals surface area (Å²) in [5.74, 6) is 0. The average molecular weight is 276 g/mol. The zero-order valence-electron chi connectivity index (χ0n) is 10.3. The first-order valence-corrected chi connectivity index (χ1v) is 6.68. The highest BCUT2D eigenvalue weighted by Crippen LogP contribution is 2.26. The molecule has 19 heavy (non-hydrogen) atoms. The molecule has 0 unspecified atom stereocenters. The number of aromatic nitrogens is 2. The summed E-state index contributed by atoms with van der Waals surface area (Å²) < 4.78 is 1.38. The van der Waals surface area contributed by atoms with E-state index in [1.54, 1.807) is 6.20 Å². The summed E-state index contributed by atoms with van der Waals surface area (Å²) in [7, 11) is 0. The minimum absolute atomic E-state index is 0.220. The summed E-state index contributed by atoms with van der Waals surface area (Å²) in [5.41, 5.74) is 1.41. The molecule has 0 amide bonds. The van der Waals surface area contributed by atoms with Gasteiger partial charge < -0.3 is 5.32 Å². The lowest BCUT2D eigenvalue weighted by atomic mass is 10.2. The first-order valence-electron chi connectivity index (χ1n) is 6.30. The summed E-state index contributed by atoms with van der Waals surface area (Å²) in [6.07, 6.45) is 3.89. The van der Waals surface area contributed by atoms with Crippen molar-refractivity contribution < 1.29 is 0 Å². The molecular weight excluding hydrogens is 262 g/mol. The van der Waals surface area contributed by atoms with Crippen LogP contribution in [0.2, 0.25) is 5.02 Å². The van der Waals surface area contributed by atoms with Gasteiger partial charge in [-0.25, -0.2) is 4.68 Å². The fraction of sp³-hybridized carbons (Fsp3) is 0.286. The Kier molecular flexibility index (Phi) is 3.25. The van der Waals surface area contributed by atoms with Crippen molar-refractivity contribution in [2.75, 3.05) is 5.32 Å². The Hall–Kier alpha value is -1.81. The van der Waals surface area contributed by atoms with Crippen molar-refractivity contribution >= 4 is 17.3 Å². The molecule has 1 fully saturated rings. The van der Waals surface area contributed by atoms with Crippen LogP contribution in [0.4, 0.5) is 5.69 Å². The van der Waals surface area contributed by atoms with Crippen LogP contribution < -0.4 is 10.9 Å². The molecule has 1 aromatic carbocycles. The zero-order valence-corrected chi connectivity index (χ0v) is 11.1. The van der Waals surface area contributed by atoms with Crippen LogP contribution in [-0.4, -0.2) is 15.8 Å². The van der Waals surface area contributed by atoms with E-state index in [0.29, 0.717) is 18.3 Å². The lowest BCUT2D eigenvalue weighted by Gasteiger charge is -2.09. The predicted octanol–water partition coefficient (Wildman–Crippen LogP) is 2.52. The summed E-state index contributed by atoms with van der Waals surface area (Å²) in [4.78, 5) is 12.1. The van der Waals surface area contributed by atoms with Crippen molar-refractivity contribution in [1.29, 1.82) is 0 Å². The van der Waals surface area contributed by atoms with Gasteiger partial charge in [0.2, 0.25) is 0 Å². The lowest BCUT2D eigenvalue weighted by molar-refractivity contribution is 0.640. The van der Waals surface area contributed by atoms with Crippen molar-refractivity contribution in [2.24, 2.45) is 0 Å². The Morgan fingerprint density at radius 3 is 2.74 bits per heavy atom. The van der Waals surface area contributed by atoms with Crippen molar-refractivity contribution in [3.8, 4) is 0 Å².